The lowest BCUT2D eigenvalue weighted by Crippen LogP contribution is -2.35. The molecule has 2 unspecified atom stereocenters. The highest BCUT2D eigenvalue weighted by Gasteiger charge is 2.29. The van der Waals surface area contributed by atoms with E-state index in [-0.39, 0.29) is 11.3 Å². The summed E-state index contributed by atoms with van der Waals surface area (Å²) in [7, 11) is 0. The first-order valence-electron chi connectivity index (χ1n) is 5.69. The maximum Gasteiger partial charge on any atom is 0.240 e. The first kappa shape index (κ1) is 12.8. The van der Waals surface area contributed by atoms with Crippen molar-refractivity contribution in [2.75, 3.05) is 26.3 Å². The quantitative estimate of drug-likeness (QED) is 0.679. The van der Waals surface area contributed by atoms with Crippen LogP contribution >= 0.6 is 11.6 Å². The van der Waals surface area contributed by atoms with Crippen LogP contribution in [0, 0.1) is 5.92 Å². The second kappa shape index (κ2) is 6.33. The standard InChI is InChI=1S/C11H20ClNO2/c1-3-10(12)11(14)13-6-5-9(7-13)8-15-4-2/h9-10H,3-8H2,1-2H3. The van der Waals surface area contributed by atoms with E-state index >= 15 is 0 Å². The largest absolute Gasteiger partial charge is 0.381 e. The van der Waals surface area contributed by atoms with Gasteiger partial charge in [-0.3, -0.25) is 4.79 Å². The summed E-state index contributed by atoms with van der Waals surface area (Å²) in [6.45, 7) is 7.08. The maximum absolute atomic E-state index is 11.7. The number of halogens is 1. The first-order chi connectivity index (χ1) is 7.19. The van der Waals surface area contributed by atoms with E-state index in [9.17, 15) is 4.79 Å². The number of rotatable bonds is 5. The van der Waals surface area contributed by atoms with Crippen LogP contribution in [0.2, 0.25) is 0 Å². The van der Waals surface area contributed by atoms with Gasteiger partial charge in [0.25, 0.3) is 0 Å². The summed E-state index contributed by atoms with van der Waals surface area (Å²) in [6, 6.07) is 0. The summed E-state index contributed by atoms with van der Waals surface area (Å²) >= 11 is 5.93. The Balaban J connectivity index is 2.32. The van der Waals surface area contributed by atoms with Gasteiger partial charge in [-0.15, -0.1) is 11.6 Å². The molecule has 88 valence electrons. The molecule has 2 atom stereocenters. The molecule has 0 N–H and O–H groups in total. The molecule has 0 aromatic carbocycles. The van der Waals surface area contributed by atoms with Gasteiger partial charge in [-0.1, -0.05) is 6.92 Å². The smallest absolute Gasteiger partial charge is 0.240 e. The molecule has 0 aromatic rings. The van der Waals surface area contributed by atoms with Crippen molar-refractivity contribution in [1.29, 1.82) is 0 Å². The third-order valence-corrected chi connectivity index (χ3v) is 3.28. The molecule has 1 amide bonds. The van der Waals surface area contributed by atoms with Gasteiger partial charge in [0.2, 0.25) is 5.91 Å². The van der Waals surface area contributed by atoms with Crippen molar-refractivity contribution in [2.45, 2.75) is 32.1 Å². The Bertz CT molecular complexity index is 211. The zero-order valence-electron chi connectivity index (χ0n) is 9.54. The first-order valence-corrected chi connectivity index (χ1v) is 6.13. The molecular formula is C11H20ClNO2. The zero-order valence-corrected chi connectivity index (χ0v) is 10.3. The lowest BCUT2D eigenvalue weighted by molar-refractivity contribution is -0.130. The predicted molar refractivity (Wildman–Crippen MR) is 61.1 cm³/mol. The minimum absolute atomic E-state index is 0.0816. The van der Waals surface area contributed by atoms with Crippen molar-refractivity contribution >= 4 is 17.5 Å². The molecule has 0 spiro atoms. The summed E-state index contributed by atoms with van der Waals surface area (Å²) in [5.41, 5.74) is 0. The number of carbonyl (C=O) groups is 1. The monoisotopic (exact) mass is 233 g/mol. The molecule has 1 aliphatic rings. The van der Waals surface area contributed by atoms with Gasteiger partial charge in [-0.05, 0) is 19.8 Å². The maximum atomic E-state index is 11.7. The van der Waals surface area contributed by atoms with Crippen LogP contribution < -0.4 is 0 Å². The number of hydrogen-bond donors (Lipinski definition) is 0. The summed E-state index contributed by atoms with van der Waals surface area (Å²) in [6.07, 6.45) is 1.74. The average Bonchev–Trinajstić information content (AvgIpc) is 2.72. The zero-order chi connectivity index (χ0) is 11.3. The Morgan fingerprint density at radius 2 is 2.33 bits per heavy atom. The van der Waals surface area contributed by atoms with E-state index < -0.39 is 0 Å². The molecule has 0 radical (unpaired) electrons. The van der Waals surface area contributed by atoms with Gasteiger partial charge in [0.15, 0.2) is 0 Å². The number of amides is 1. The fraction of sp³-hybridized carbons (Fsp3) is 0.909. The topological polar surface area (TPSA) is 29.5 Å². The fourth-order valence-corrected chi connectivity index (χ4v) is 1.96. The van der Waals surface area contributed by atoms with Gasteiger partial charge in [0.1, 0.15) is 5.38 Å². The van der Waals surface area contributed by atoms with Gasteiger partial charge in [-0.2, -0.15) is 0 Å². The Morgan fingerprint density at radius 1 is 1.60 bits per heavy atom. The number of ether oxygens (including phenoxy) is 1. The Labute approximate surface area is 96.7 Å². The van der Waals surface area contributed by atoms with Gasteiger partial charge >= 0.3 is 0 Å². The van der Waals surface area contributed by atoms with Crippen molar-refractivity contribution in [3.05, 3.63) is 0 Å². The van der Waals surface area contributed by atoms with E-state index in [1.54, 1.807) is 0 Å². The molecule has 1 rings (SSSR count). The highest BCUT2D eigenvalue weighted by atomic mass is 35.5. The normalized spacial score (nSPS) is 23.1. The molecule has 1 saturated heterocycles. The molecule has 1 fully saturated rings. The summed E-state index contributed by atoms with van der Waals surface area (Å²) in [4.78, 5) is 13.6. The van der Waals surface area contributed by atoms with E-state index in [4.69, 9.17) is 16.3 Å². The third-order valence-electron chi connectivity index (χ3n) is 2.78. The van der Waals surface area contributed by atoms with Crippen LogP contribution in [0.15, 0.2) is 0 Å². The number of hydrogen-bond acceptors (Lipinski definition) is 2. The molecule has 0 aromatic heterocycles. The van der Waals surface area contributed by atoms with Crippen LogP contribution in [0.5, 0.6) is 0 Å². The Morgan fingerprint density at radius 3 is 2.93 bits per heavy atom. The van der Waals surface area contributed by atoms with Crippen molar-refractivity contribution in [2.24, 2.45) is 5.92 Å². The molecular weight excluding hydrogens is 214 g/mol. The van der Waals surface area contributed by atoms with Crippen molar-refractivity contribution in [3.8, 4) is 0 Å². The van der Waals surface area contributed by atoms with E-state index in [1.807, 2.05) is 18.7 Å². The van der Waals surface area contributed by atoms with Crippen LogP contribution in [-0.4, -0.2) is 42.5 Å². The number of alkyl halides is 1. The van der Waals surface area contributed by atoms with Gasteiger partial charge in [-0.25, -0.2) is 0 Å². The van der Waals surface area contributed by atoms with Crippen LogP contribution in [0.4, 0.5) is 0 Å². The second-order valence-corrected chi connectivity index (χ2v) is 4.50. The van der Waals surface area contributed by atoms with Crippen molar-refractivity contribution in [3.63, 3.8) is 0 Å². The Kier molecular flexibility index (Phi) is 5.40. The van der Waals surface area contributed by atoms with Gasteiger partial charge in [0.05, 0.1) is 6.61 Å². The average molecular weight is 234 g/mol. The van der Waals surface area contributed by atoms with Crippen molar-refractivity contribution < 1.29 is 9.53 Å². The minimum atomic E-state index is -0.351. The molecule has 1 heterocycles. The minimum Gasteiger partial charge on any atom is -0.381 e. The van der Waals surface area contributed by atoms with Crippen LogP contribution in [0.1, 0.15) is 26.7 Å². The fourth-order valence-electron chi connectivity index (χ4n) is 1.83. The van der Waals surface area contributed by atoms with Gasteiger partial charge in [0, 0.05) is 25.6 Å². The van der Waals surface area contributed by atoms with Gasteiger partial charge < -0.3 is 9.64 Å². The van der Waals surface area contributed by atoms with E-state index in [2.05, 4.69) is 0 Å². The van der Waals surface area contributed by atoms with E-state index in [0.717, 1.165) is 32.7 Å². The molecule has 0 saturated carbocycles. The number of carbonyl (C=O) groups excluding carboxylic acids is 1. The summed E-state index contributed by atoms with van der Waals surface area (Å²) in [5, 5.41) is -0.351. The van der Waals surface area contributed by atoms with Crippen molar-refractivity contribution in [1.82, 2.24) is 4.90 Å². The van der Waals surface area contributed by atoms with E-state index in [1.165, 1.54) is 0 Å². The molecule has 4 heteroatoms. The SMILES string of the molecule is CCOCC1CCN(C(=O)C(Cl)CC)C1. The highest BCUT2D eigenvalue weighted by Crippen LogP contribution is 2.19. The second-order valence-electron chi connectivity index (χ2n) is 3.97. The molecule has 0 aliphatic carbocycles. The summed E-state index contributed by atoms with van der Waals surface area (Å²) < 4.78 is 5.36. The Hall–Kier alpha value is -0.280. The molecule has 3 nitrogen and oxygen atoms in total. The van der Waals surface area contributed by atoms with Crippen LogP contribution in [-0.2, 0) is 9.53 Å². The molecule has 0 bridgehead atoms. The number of likely N-dealkylation sites (tertiary alicyclic amines) is 1. The predicted octanol–water partition coefficient (Wildman–Crippen LogP) is 1.89. The molecule has 1 aliphatic heterocycles. The van der Waals surface area contributed by atoms with Crippen LogP contribution in [0.3, 0.4) is 0 Å². The highest BCUT2D eigenvalue weighted by molar-refractivity contribution is 6.30. The van der Waals surface area contributed by atoms with Crippen LogP contribution in [0.25, 0.3) is 0 Å². The lowest BCUT2D eigenvalue weighted by atomic mass is 10.1. The molecule has 15 heavy (non-hydrogen) atoms. The number of nitrogens with zero attached hydrogens (tertiary/aromatic N) is 1. The van der Waals surface area contributed by atoms with E-state index in [0.29, 0.717) is 12.3 Å². The summed E-state index contributed by atoms with van der Waals surface area (Å²) in [5.74, 6) is 0.577. The third kappa shape index (κ3) is 3.65. The lowest BCUT2D eigenvalue weighted by Gasteiger charge is -2.19.